The van der Waals surface area contributed by atoms with Crippen LogP contribution in [0.3, 0.4) is 0 Å². The molecule has 0 saturated carbocycles. The van der Waals surface area contributed by atoms with Gasteiger partial charge in [0.25, 0.3) is 0 Å². The zero-order valence-electron chi connectivity index (χ0n) is 8.31. The van der Waals surface area contributed by atoms with E-state index in [0.29, 0.717) is 15.4 Å². The summed E-state index contributed by atoms with van der Waals surface area (Å²) in [5, 5.41) is 0.422. The van der Waals surface area contributed by atoms with Crippen molar-refractivity contribution >= 4 is 43.9 Å². The van der Waals surface area contributed by atoms with Gasteiger partial charge in [0.05, 0.1) is 5.69 Å². The molecule has 1 heterocycles. The average molecular weight is 271 g/mol. The van der Waals surface area contributed by atoms with Crippen molar-refractivity contribution < 1.29 is 4.79 Å². The minimum atomic E-state index is 0.0459. The first kappa shape index (κ1) is 11.4. The summed E-state index contributed by atoms with van der Waals surface area (Å²) in [7, 11) is 2.73. The van der Waals surface area contributed by atoms with E-state index in [2.05, 4.69) is 9.37 Å². The van der Waals surface area contributed by atoms with Crippen LogP contribution in [0.5, 0.6) is 0 Å². The van der Waals surface area contributed by atoms with Crippen LogP contribution in [0.4, 0.5) is 5.69 Å². The first-order valence-electron chi connectivity index (χ1n) is 4.44. The highest BCUT2D eigenvalue weighted by molar-refractivity contribution is 7.66. The van der Waals surface area contributed by atoms with Gasteiger partial charge in [-0.15, -0.1) is 0 Å². The third-order valence-corrected chi connectivity index (χ3v) is 4.09. The van der Waals surface area contributed by atoms with Crippen LogP contribution in [0.1, 0.15) is 17.3 Å². The number of benzene rings is 1. The maximum absolute atomic E-state index is 11.1. The Bertz CT molecular complexity index is 571. The van der Waals surface area contributed by atoms with Crippen LogP contribution >= 0.6 is 32.5 Å². The Morgan fingerprint density at radius 3 is 2.56 bits per heavy atom. The molecule has 6 heteroatoms. The lowest BCUT2D eigenvalue weighted by Crippen LogP contribution is -1.93. The molecule has 0 spiro atoms. The van der Waals surface area contributed by atoms with E-state index in [0.717, 1.165) is 5.69 Å². The normalized spacial score (nSPS) is 11.8. The van der Waals surface area contributed by atoms with Crippen molar-refractivity contribution in [2.45, 2.75) is 6.92 Å². The largest absolute Gasteiger partial charge is 0.295 e. The summed E-state index contributed by atoms with van der Waals surface area (Å²) >= 11 is 5.83. The molecule has 2 aromatic rings. The standard InChI is InChI=1S/C10H7ClN2OS2/c1-6(14)7-2-4-8(5-3-7)12-10-9(11)13-16-15-10/h2-5H,1H3. The summed E-state index contributed by atoms with van der Waals surface area (Å²) in [5.74, 6) is 0.0459. The molecule has 0 N–H and O–H groups in total. The molecule has 0 radical (unpaired) electrons. The predicted molar refractivity (Wildman–Crippen MR) is 66.7 cm³/mol. The molecule has 3 nitrogen and oxygen atoms in total. The molecule has 82 valence electrons. The Morgan fingerprint density at radius 1 is 1.38 bits per heavy atom. The number of hydrogen-bond donors (Lipinski definition) is 0. The van der Waals surface area contributed by atoms with Crippen molar-refractivity contribution in [2.75, 3.05) is 0 Å². The first-order valence-corrected chi connectivity index (χ1v) is 6.92. The van der Waals surface area contributed by atoms with Crippen molar-refractivity contribution in [1.82, 2.24) is 4.37 Å². The van der Waals surface area contributed by atoms with Crippen LogP contribution in [0, 0.1) is 0 Å². The molecule has 0 aliphatic heterocycles. The summed E-state index contributed by atoms with van der Waals surface area (Å²) in [6.45, 7) is 1.54. The van der Waals surface area contributed by atoms with E-state index in [1.807, 2.05) is 0 Å². The summed E-state index contributed by atoms with van der Waals surface area (Å²) in [6, 6.07) is 7.08. The fourth-order valence-electron chi connectivity index (χ4n) is 1.11. The van der Waals surface area contributed by atoms with Crippen LogP contribution in [0.25, 0.3) is 0 Å². The quantitative estimate of drug-likeness (QED) is 0.621. The lowest BCUT2D eigenvalue weighted by atomic mass is 10.1. The predicted octanol–water partition coefficient (Wildman–Crippen LogP) is 3.29. The van der Waals surface area contributed by atoms with Gasteiger partial charge < -0.3 is 0 Å². The molecule has 0 aliphatic carbocycles. The molecule has 1 aromatic heterocycles. The minimum Gasteiger partial charge on any atom is -0.295 e. The fourth-order valence-corrected chi connectivity index (χ4v) is 3.10. The third kappa shape index (κ3) is 2.55. The lowest BCUT2D eigenvalue weighted by molar-refractivity contribution is 0.101. The average Bonchev–Trinajstić information content (AvgIpc) is 2.65. The lowest BCUT2D eigenvalue weighted by Gasteiger charge is -1.95. The number of aromatic nitrogens is 1. The van der Waals surface area contributed by atoms with Gasteiger partial charge in [-0.25, -0.2) is 4.99 Å². The molecule has 1 aromatic carbocycles. The summed E-state index contributed by atoms with van der Waals surface area (Å²) in [5.41, 5.74) is 1.44. The molecule has 0 atom stereocenters. The Balaban J connectivity index is 2.37. The van der Waals surface area contributed by atoms with Gasteiger partial charge in [-0.3, -0.25) is 4.79 Å². The second kappa shape index (κ2) is 4.86. The number of rotatable bonds is 2. The van der Waals surface area contributed by atoms with Crippen LogP contribution in [0.15, 0.2) is 29.3 Å². The van der Waals surface area contributed by atoms with E-state index in [4.69, 9.17) is 11.6 Å². The van der Waals surface area contributed by atoms with Gasteiger partial charge in [0, 0.05) is 16.1 Å². The van der Waals surface area contributed by atoms with Crippen molar-refractivity contribution in [1.29, 1.82) is 0 Å². The summed E-state index contributed by atoms with van der Waals surface area (Å²) in [6.07, 6.45) is 0. The zero-order chi connectivity index (χ0) is 11.5. The third-order valence-electron chi connectivity index (χ3n) is 1.91. The van der Waals surface area contributed by atoms with E-state index < -0.39 is 0 Å². The molecular formula is C10H7ClN2OS2. The highest BCUT2D eigenvalue weighted by Crippen LogP contribution is 2.14. The number of ketones is 1. The maximum Gasteiger partial charge on any atom is 0.179 e. The molecule has 0 saturated heterocycles. The molecular weight excluding hydrogens is 264 g/mol. The van der Waals surface area contributed by atoms with Gasteiger partial charge in [-0.05, 0) is 41.5 Å². The van der Waals surface area contributed by atoms with E-state index in [-0.39, 0.29) is 5.78 Å². The maximum atomic E-state index is 11.1. The minimum absolute atomic E-state index is 0.0459. The second-order valence-electron chi connectivity index (χ2n) is 3.06. The monoisotopic (exact) mass is 270 g/mol. The van der Waals surface area contributed by atoms with Crippen LogP contribution in [-0.2, 0) is 0 Å². The highest BCUT2D eigenvalue weighted by atomic mass is 35.5. The van der Waals surface area contributed by atoms with Gasteiger partial charge in [0.1, 0.15) is 0 Å². The van der Waals surface area contributed by atoms with Crippen molar-refractivity contribution in [3.63, 3.8) is 0 Å². The van der Waals surface area contributed by atoms with Gasteiger partial charge in [0.15, 0.2) is 15.6 Å². The Hall–Kier alpha value is -1.04. The fraction of sp³-hybridized carbons (Fsp3) is 0.100. The molecule has 0 bridgehead atoms. The van der Waals surface area contributed by atoms with Gasteiger partial charge >= 0.3 is 0 Å². The van der Waals surface area contributed by atoms with Crippen LogP contribution in [-0.4, -0.2) is 10.2 Å². The topological polar surface area (TPSA) is 42.3 Å². The molecule has 0 aliphatic rings. The number of Topliss-reactive ketones (excluding diaryl/α,β-unsaturated/α-hetero) is 1. The Morgan fingerprint density at radius 2 is 2.06 bits per heavy atom. The summed E-state index contributed by atoms with van der Waals surface area (Å²) < 4.78 is 4.63. The highest BCUT2D eigenvalue weighted by Gasteiger charge is 1.99. The number of hydrogen-bond acceptors (Lipinski definition) is 5. The van der Waals surface area contributed by atoms with Crippen molar-refractivity contribution in [3.05, 3.63) is 39.7 Å². The number of nitrogens with zero attached hydrogens (tertiary/aromatic N) is 2. The van der Waals surface area contributed by atoms with E-state index in [1.54, 1.807) is 24.3 Å². The smallest absolute Gasteiger partial charge is 0.179 e. The van der Waals surface area contributed by atoms with Gasteiger partial charge in [-0.1, -0.05) is 11.6 Å². The van der Waals surface area contributed by atoms with E-state index in [9.17, 15) is 4.79 Å². The van der Waals surface area contributed by atoms with Crippen molar-refractivity contribution in [3.8, 4) is 0 Å². The SMILES string of the molecule is CC(=O)c1ccc(N=c2ssnc2Cl)cc1. The van der Waals surface area contributed by atoms with Gasteiger partial charge in [-0.2, -0.15) is 4.37 Å². The number of halogens is 1. The zero-order valence-corrected chi connectivity index (χ0v) is 10.7. The second-order valence-corrected chi connectivity index (χ2v) is 5.25. The van der Waals surface area contributed by atoms with Gasteiger partial charge in [0.2, 0.25) is 0 Å². The Labute approximate surface area is 105 Å². The van der Waals surface area contributed by atoms with Crippen LogP contribution < -0.4 is 4.67 Å². The molecule has 0 unspecified atom stereocenters. The molecule has 0 amide bonds. The number of carbonyl (C=O) groups is 1. The molecule has 0 fully saturated rings. The molecule has 2 rings (SSSR count). The number of carbonyl (C=O) groups excluding carboxylic acids is 1. The van der Waals surface area contributed by atoms with Crippen LogP contribution in [0.2, 0.25) is 5.15 Å². The van der Waals surface area contributed by atoms with Crippen molar-refractivity contribution in [2.24, 2.45) is 4.99 Å². The summed E-state index contributed by atoms with van der Waals surface area (Å²) in [4.78, 5) is 15.4. The first-order chi connectivity index (χ1) is 7.66. The molecule has 16 heavy (non-hydrogen) atoms. The van der Waals surface area contributed by atoms with E-state index in [1.165, 1.54) is 27.8 Å². The van der Waals surface area contributed by atoms with E-state index >= 15 is 0 Å². The Kier molecular flexibility index (Phi) is 3.48.